The van der Waals surface area contributed by atoms with Crippen molar-refractivity contribution in [3.05, 3.63) is 0 Å². The molecule has 0 heterocycles. The maximum atomic E-state index is 4.50. The fourth-order valence-electron chi connectivity index (χ4n) is 0. The van der Waals surface area contributed by atoms with Crippen molar-refractivity contribution in [2.45, 2.75) is 7.43 Å². The van der Waals surface area contributed by atoms with E-state index in [1.54, 1.807) is 0 Å². The van der Waals surface area contributed by atoms with E-state index in [4.69, 9.17) is 0 Å². The number of hydrogen-bond donors (Lipinski definition) is 3. The molecule has 0 aromatic rings. The molecule has 12 heavy (non-hydrogen) atoms. The average Bonchev–Trinajstić information content (AvgIpc) is 2.01. The first kappa shape index (κ1) is 49.0. The quantitative estimate of drug-likeness (QED) is 0.335. The molecule has 0 fully saturated rings. The molecule has 0 unspecified atom stereocenters. The second-order valence-electron chi connectivity index (χ2n) is 0.192. The summed E-state index contributed by atoms with van der Waals surface area (Å²) in [6.45, 7) is 0. The van der Waals surface area contributed by atoms with Crippen LogP contribution in [0.2, 0.25) is 0 Å². The summed E-state index contributed by atoms with van der Waals surface area (Å²) in [6, 6.07) is 0. The monoisotopic (exact) mass is 192 g/mol. The minimum absolute atomic E-state index is 0. The summed E-state index contributed by atoms with van der Waals surface area (Å²) in [5, 5.41) is 0. The van der Waals surface area contributed by atoms with Crippen LogP contribution in [-0.4, -0.2) is 52.1 Å². The molecule has 0 saturated heterocycles. The molecule has 8 heteroatoms. The van der Waals surface area contributed by atoms with Gasteiger partial charge in [0.2, 0.25) is 0 Å². The Hall–Kier alpha value is 1.78. The van der Waals surface area contributed by atoms with Gasteiger partial charge in [0.1, 0.15) is 0 Å². The van der Waals surface area contributed by atoms with Crippen molar-refractivity contribution < 1.29 is 51.4 Å². The van der Waals surface area contributed by atoms with Gasteiger partial charge in [-0.05, 0) is 21.1 Å². The summed E-state index contributed by atoms with van der Waals surface area (Å²) in [5.41, 5.74) is 13.5. The molecule has 0 aromatic carbocycles. The standard InChI is InChI=1S/3CH5N.CH4.B3.B.K/c3*1-2;;1-3-2;;/h3*2H2,1H3;1H4;;;/q;;;;-1;;+1. The Morgan fingerprint density at radius 2 is 0.833 bits per heavy atom. The largest absolute Gasteiger partial charge is 1.00 e. The van der Waals surface area contributed by atoms with Gasteiger partial charge in [-0.15, -0.1) is 0 Å². The van der Waals surface area contributed by atoms with E-state index in [9.17, 15) is 0 Å². The van der Waals surface area contributed by atoms with Gasteiger partial charge in [0.25, 0.3) is 0 Å². The van der Waals surface area contributed by atoms with Gasteiger partial charge in [0, 0.05) is 8.41 Å². The minimum Gasteiger partial charge on any atom is -0.452 e. The minimum atomic E-state index is 0. The van der Waals surface area contributed by atoms with Crippen LogP contribution in [0.5, 0.6) is 0 Å². The molecule has 0 saturated carbocycles. The first-order valence-electron chi connectivity index (χ1n) is 2.40. The molecular formula is C4H19B4KN3. The maximum Gasteiger partial charge on any atom is 1.00 e. The Morgan fingerprint density at radius 3 is 0.833 bits per heavy atom. The van der Waals surface area contributed by atoms with E-state index in [0.29, 0.717) is 0 Å². The zero-order valence-corrected chi connectivity index (χ0v) is 11.2. The van der Waals surface area contributed by atoms with Crippen molar-refractivity contribution in [3.63, 3.8) is 0 Å². The Kier molecular flexibility index (Phi) is 938. The molecule has 0 rings (SSSR count). The van der Waals surface area contributed by atoms with E-state index in [0.717, 1.165) is 7.06 Å². The average molecular weight is 192 g/mol. The maximum absolute atomic E-state index is 4.50. The van der Waals surface area contributed by atoms with Crippen LogP contribution in [0.1, 0.15) is 7.43 Å². The Morgan fingerprint density at radius 1 is 0.833 bits per heavy atom. The summed E-state index contributed by atoms with van der Waals surface area (Å²) in [4.78, 5) is 0. The molecule has 3 nitrogen and oxygen atoms in total. The molecule has 6 N–H and O–H groups in total. The molecule has 0 aliphatic heterocycles. The Balaban J connectivity index is -0.00000000522. The molecule has 9 radical (unpaired) electrons. The van der Waals surface area contributed by atoms with Crippen LogP contribution in [0, 0.1) is 0 Å². The molecule has 0 aliphatic carbocycles. The van der Waals surface area contributed by atoms with Gasteiger partial charge in [0.15, 0.2) is 0 Å². The van der Waals surface area contributed by atoms with Crippen molar-refractivity contribution in [1.29, 1.82) is 0 Å². The van der Waals surface area contributed by atoms with Crippen LogP contribution >= 0.6 is 0 Å². The van der Waals surface area contributed by atoms with Crippen molar-refractivity contribution in [3.8, 4) is 0 Å². The predicted molar refractivity (Wildman–Crippen MR) is 60.1 cm³/mol. The molecule has 0 amide bonds. The Labute approximate surface area is 126 Å². The normalized spacial score (nSPS) is 2.83. The fraction of sp³-hybridized carbons (Fsp3) is 1.00. The topological polar surface area (TPSA) is 78.1 Å². The molecule has 0 aliphatic rings. The van der Waals surface area contributed by atoms with Crippen molar-refractivity contribution >= 4 is 30.9 Å². The third-order valence-electron chi connectivity index (χ3n) is 0. The number of hydrogen-bond acceptors (Lipinski definition) is 3. The van der Waals surface area contributed by atoms with Crippen molar-refractivity contribution in [1.82, 2.24) is 0 Å². The third-order valence-corrected chi connectivity index (χ3v) is 0. The van der Waals surface area contributed by atoms with Crippen LogP contribution in [-0.2, 0) is 0 Å². The van der Waals surface area contributed by atoms with Gasteiger partial charge in [-0.3, -0.25) is 15.5 Å². The fourth-order valence-corrected chi connectivity index (χ4v) is 0. The summed E-state index contributed by atoms with van der Waals surface area (Å²) in [6.07, 6.45) is 0. The smallest absolute Gasteiger partial charge is 0.452 e. The molecular weight excluding hydrogens is 172 g/mol. The SMILES string of the molecule is C.CN.CN.CN.[B].[B][B-][B].[K+]. The molecule has 63 valence electrons. The van der Waals surface area contributed by atoms with E-state index >= 15 is 0 Å². The zero-order chi connectivity index (χ0) is 8.71. The van der Waals surface area contributed by atoms with Crippen LogP contribution in [0.15, 0.2) is 0 Å². The van der Waals surface area contributed by atoms with Crippen molar-refractivity contribution in [2.75, 3.05) is 21.1 Å². The second kappa shape index (κ2) is 230. The van der Waals surface area contributed by atoms with E-state index in [-0.39, 0.29) is 67.2 Å². The molecule has 0 bridgehead atoms. The summed E-state index contributed by atoms with van der Waals surface area (Å²) in [5.74, 6) is 0. The molecule has 0 spiro atoms. The van der Waals surface area contributed by atoms with Gasteiger partial charge in [-0.25, -0.2) is 0 Å². The van der Waals surface area contributed by atoms with E-state index in [1.165, 1.54) is 21.1 Å². The summed E-state index contributed by atoms with van der Waals surface area (Å²) < 4.78 is 0. The first-order valence-corrected chi connectivity index (χ1v) is 2.40. The van der Waals surface area contributed by atoms with Gasteiger partial charge < -0.3 is 24.3 Å². The van der Waals surface area contributed by atoms with Crippen LogP contribution < -0.4 is 68.6 Å². The first-order chi connectivity index (χ1) is 4.41. The molecule has 0 atom stereocenters. The van der Waals surface area contributed by atoms with E-state index < -0.39 is 0 Å². The summed E-state index contributed by atoms with van der Waals surface area (Å²) in [7, 11) is 14.5. The Bertz CT molecular complexity index is 22.3. The van der Waals surface area contributed by atoms with Gasteiger partial charge in [-0.2, -0.15) is 0 Å². The third kappa shape index (κ3) is 433. The van der Waals surface area contributed by atoms with Crippen LogP contribution in [0.25, 0.3) is 0 Å². The van der Waals surface area contributed by atoms with E-state index in [2.05, 4.69) is 32.7 Å². The zero-order valence-electron chi connectivity index (χ0n) is 8.04. The molecule has 0 aromatic heterocycles. The number of rotatable bonds is 0. The number of nitrogens with two attached hydrogens (primary N) is 3. The van der Waals surface area contributed by atoms with Gasteiger partial charge in [-0.1, -0.05) is 7.43 Å². The van der Waals surface area contributed by atoms with Gasteiger partial charge in [0.05, 0.1) is 0 Å². The van der Waals surface area contributed by atoms with Crippen LogP contribution in [0.3, 0.4) is 0 Å². The van der Waals surface area contributed by atoms with Crippen molar-refractivity contribution in [2.24, 2.45) is 17.2 Å². The van der Waals surface area contributed by atoms with E-state index in [1.807, 2.05) is 0 Å². The second-order valence-corrected chi connectivity index (χ2v) is 0.192. The predicted octanol–water partition coefficient (Wildman–Crippen LogP) is -5.16. The van der Waals surface area contributed by atoms with Gasteiger partial charge >= 0.3 is 51.4 Å². The van der Waals surface area contributed by atoms with Crippen LogP contribution in [0.4, 0.5) is 0 Å². The summed E-state index contributed by atoms with van der Waals surface area (Å²) >= 11 is 0.